The summed E-state index contributed by atoms with van der Waals surface area (Å²) in [6.45, 7) is 15.5. The Morgan fingerprint density at radius 2 is 1.15 bits per heavy atom. The van der Waals surface area contributed by atoms with E-state index < -0.39 is 100 Å². The van der Waals surface area contributed by atoms with Crippen molar-refractivity contribution in [2.24, 2.45) is 11.8 Å². The summed E-state index contributed by atoms with van der Waals surface area (Å²) in [6.07, 6.45) is 1.28. The molecule has 0 heterocycles. The predicted molar refractivity (Wildman–Crippen MR) is 273 cm³/mol. The van der Waals surface area contributed by atoms with Crippen LogP contribution in [-0.2, 0) is 49.3 Å². The van der Waals surface area contributed by atoms with E-state index in [0.29, 0.717) is 32.2 Å². The van der Waals surface area contributed by atoms with Crippen LogP contribution in [0.25, 0.3) is 11.1 Å². The number of halogens is 3. The molecule has 3 atom stereocenters. The lowest BCUT2D eigenvalue weighted by Crippen LogP contribution is -2.53. The van der Waals surface area contributed by atoms with Gasteiger partial charge >= 0.3 is 30.0 Å². The van der Waals surface area contributed by atoms with Crippen LogP contribution in [0.1, 0.15) is 143 Å². The molecule has 0 bridgehead atoms. The van der Waals surface area contributed by atoms with E-state index in [9.17, 15) is 46.7 Å². The van der Waals surface area contributed by atoms with E-state index in [1.807, 2.05) is 36.4 Å². The van der Waals surface area contributed by atoms with Gasteiger partial charge in [-0.25, -0.2) is 32.3 Å². The quantitative estimate of drug-likeness (QED) is 0.0295. The summed E-state index contributed by atoms with van der Waals surface area (Å²) in [5.41, 5.74) is 1.73. The van der Waals surface area contributed by atoms with Crippen LogP contribution < -0.4 is 26.6 Å². The Morgan fingerprint density at radius 1 is 0.627 bits per heavy atom. The summed E-state index contributed by atoms with van der Waals surface area (Å²) in [6, 6.07) is 12.9. The summed E-state index contributed by atoms with van der Waals surface area (Å²) in [4.78, 5) is 92.7. The van der Waals surface area contributed by atoms with Gasteiger partial charge in [-0.15, -0.1) is 0 Å². The Morgan fingerprint density at radius 3 is 1.68 bits per heavy atom. The third-order valence-corrected chi connectivity index (χ3v) is 12.5. The van der Waals surface area contributed by atoms with Crippen LogP contribution in [0.3, 0.4) is 0 Å². The number of hydrogen-bond donors (Lipinski definition) is 5. The maximum absolute atomic E-state index is 14.3. The first-order valence-electron chi connectivity index (χ1n) is 25.7. The average Bonchev–Trinajstić information content (AvgIpc) is 3.64. The number of ether oxygens (including phenoxy) is 4. The Bertz CT molecular complexity index is 2440. The van der Waals surface area contributed by atoms with Crippen molar-refractivity contribution in [2.45, 2.75) is 167 Å². The number of benzene rings is 3. The maximum Gasteiger partial charge on any atom is 0.407 e. The molecule has 410 valence electrons. The number of hydrogen-bond acceptors (Lipinski definition) is 11. The van der Waals surface area contributed by atoms with Gasteiger partial charge in [0, 0.05) is 37.8 Å². The third kappa shape index (κ3) is 18.9. The van der Waals surface area contributed by atoms with Crippen molar-refractivity contribution in [3.63, 3.8) is 0 Å². The van der Waals surface area contributed by atoms with Crippen molar-refractivity contribution in [1.29, 1.82) is 0 Å². The smallest absolute Gasteiger partial charge is 0.407 e. The molecule has 2 aliphatic carbocycles. The van der Waals surface area contributed by atoms with Crippen molar-refractivity contribution < 1.29 is 65.7 Å². The first-order valence-corrected chi connectivity index (χ1v) is 25.7. The second-order valence-electron chi connectivity index (χ2n) is 22.3. The molecule has 2 aliphatic rings. The summed E-state index contributed by atoms with van der Waals surface area (Å²) < 4.78 is 64.7. The van der Waals surface area contributed by atoms with E-state index in [0.717, 1.165) is 34.4 Å². The van der Waals surface area contributed by atoms with E-state index in [2.05, 4.69) is 38.7 Å². The van der Waals surface area contributed by atoms with Gasteiger partial charge in [0.1, 0.15) is 41.5 Å². The van der Waals surface area contributed by atoms with Gasteiger partial charge in [0.2, 0.25) is 11.8 Å². The van der Waals surface area contributed by atoms with Crippen LogP contribution >= 0.6 is 0 Å². The van der Waals surface area contributed by atoms with Gasteiger partial charge in [-0.2, -0.15) is 0 Å². The minimum atomic E-state index is -1.67. The second kappa shape index (κ2) is 26.2. The van der Waals surface area contributed by atoms with Gasteiger partial charge in [0.15, 0.2) is 17.5 Å². The first kappa shape index (κ1) is 59.2. The number of amides is 5. The van der Waals surface area contributed by atoms with E-state index in [1.54, 1.807) is 62.3 Å². The zero-order valence-corrected chi connectivity index (χ0v) is 44.6. The normalized spacial score (nSPS) is 16.7. The van der Waals surface area contributed by atoms with Gasteiger partial charge < -0.3 is 45.5 Å². The van der Waals surface area contributed by atoms with Crippen molar-refractivity contribution in [2.75, 3.05) is 19.7 Å². The zero-order valence-electron chi connectivity index (χ0n) is 44.6. The van der Waals surface area contributed by atoms with Crippen LogP contribution in [0.15, 0.2) is 60.7 Å². The molecule has 5 N–H and O–H groups in total. The van der Waals surface area contributed by atoms with Gasteiger partial charge in [-0.1, -0.05) is 48.5 Å². The lowest BCUT2D eigenvalue weighted by molar-refractivity contribution is -0.159. The van der Waals surface area contributed by atoms with Crippen molar-refractivity contribution >= 4 is 41.8 Å². The molecule has 19 heteroatoms. The summed E-state index contributed by atoms with van der Waals surface area (Å²) in [7, 11) is 0. The van der Waals surface area contributed by atoms with Gasteiger partial charge in [0.25, 0.3) is 0 Å². The molecule has 0 aliphatic heterocycles. The predicted octanol–water partition coefficient (Wildman–Crippen LogP) is 8.60. The fourth-order valence-electron chi connectivity index (χ4n) is 9.03. The van der Waals surface area contributed by atoms with E-state index >= 15 is 0 Å². The molecule has 75 heavy (non-hydrogen) atoms. The van der Waals surface area contributed by atoms with Crippen LogP contribution in [0, 0.1) is 29.3 Å². The highest BCUT2D eigenvalue weighted by atomic mass is 19.2. The van der Waals surface area contributed by atoms with E-state index in [4.69, 9.17) is 18.9 Å². The number of carbonyl (C=O) groups excluding carboxylic acids is 7. The molecular formula is C56H74F3N5O11. The fourth-order valence-corrected chi connectivity index (χ4v) is 9.03. The summed E-state index contributed by atoms with van der Waals surface area (Å²) >= 11 is 0. The molecule has 3 aromatic carbocycles. The SMILES string of the molecule is CC(C)(C)OC(=O)CC[C@H](NC(=O)N[C@@H](CCCCNC(=O)[C@H](Cc1cc(F)c(F)c(F)c1)NC(=O)C1CCC(CNC(=O)OCC2c3ccccc3-c3ccccc32)CC1)C(=O)OC(C)(C)C)C(=O)OC(C)(C)C. The molecule has 1 saturated carbocycles. The number of nitrogens with one attached hydrogen (secondary N) is 5. The molecule has 0 aromatic heterocycles. The maximum atomic E-state index is 14.3. The lowest BCUT2D eigenvalue weighted by Gasteiger charge is -2.29. The fraction of sp³-hybridized carbons (Fsp3) is 0.554. The van der Waals surface area contributed by atoms with E-state index in [-0.39, 0.29) is 69.1 Å². The highest BCUT2D eigenvalue weighted by Gasteiger charge is 2.34. The Balaban J connectivity index is 1.13. The molecule has 3 aromatic rings. The standard InChI is InChI=1S/C56H74F3N5O11/c1-54(2,3)73-46(65)26-25-44(51(69)75-56(7,8)9)64-52(70)63-43(50(68)74-55(4,5)6)20-14-15-27-60-49(67)45(30-34-28-41(57)47(59)42(58)29-34)62-48(66)35-23-21-33(22-24-35)31-61-53(71)72-32-40-38-18-12-10-16-36(38)37-17-11-13-19-39(37)40/h10-13,16-19,28-29,33,35,40,43-45H,14-15,20-27,30-32H2,1-9H3,(H,60,67)(H,61,71)(H,62,66)(H2,63,64,70)/t33?,35?,43-,44-,45-/m0/s1. The molecule has 1 fully saturated rings. The van der Waals surface area contributed by atoms with Gasteiger partial charge in [0.05, 0.1) is 0 Å². The monoisotopic (exact) mass is 1050 g/mol. The molecule has 5 rings (SSSR count). The van der Waals surface area contributed by atoms with Crippen LogP contribution in [0.2, 0.25) is 0 Å². The van der Waals surface area contributed by atoms with Gasteiger partial charge in [-0.3, -0.25) is 14.4 Å². The average molecular weight is 1050 g/mol. The molecule has 0 unspecified atom stereocenters. The summed E-state index contributed by atoms with van der Waals surface area (Å²) in [5.74, 6) is -8.43. The van der Waals surface area contributed by atoms with Crippen molar-refractivity contribution in [1.82, 2.24) is 26.6 Å². The number of alkyl carbamates (subject to hydrolysis) is 1. The Labute approximate surface area is 437 Å². The number of carbonyl (C=O) groups is 7. The topological polar surface area (TPSA) is 217 Å². The van der Waals surface area contributed by atoms with Crippen molar-refractivity contribution in [3.05, 3.63) is 94.8 Å². The molecule has 0 spiro atoms. The summed E-state index contributed by atoms with van der Waals surface area (Å²) in [5, 5.41) is 13.4. The molecule has 5 amide bonds. The number of unbranched alkanes of at least 4 members (excludes halogenated alkanes) is 1. The number of esters is 3. The largest absolute Gasteiger partial charge is 0.460 e. The van der Waals surface area contributed by atoms with Crippen LogP contribution in [-0.4, -0.2) is 96.5 Å². The number of urea groups is 1. The molecule has 0 saturated heterocycles. The lowest BCUT2D eigenvalue weighted by atomic mass is 9.81. The number of fused-ring (bicyclic) bond motifs is 3. The first-order chi connectivity index (χ1) is 35.2. The Kier molecular flexibility index (Phi) is 20.7. The van der Waals surface area contributed by atoms with Crippen LogP contribution in [0.4, 0.5) is 22.8 Å². The Hall–Kier alpha value is -6.66. The molecule has 0 radical (unpaired) electrons. The minimum Gasteiger partial charge on any atom is -0.460 e. The highest BCUT2D eigenvalue weighted by molar-refractivity contribution is 5.89. The van der Waals surface area contributed by atoms with E-state index in [1.165, 1.54) is 0 Å². The second-order valence-corrected chi connectivity index (χ2v) is 22.3. The van der Waals surface area contributed by atoms with Crippen molar-refractivity contribution in [3.8, 4) is 11.1 Å². The minimum absolute atomic E-state index is 0.0117. The highest BCUT2D eigenvalue weighted by Crippen LogP contribution is 2.44. The molecular weight excluding hydrogens is 976 g/mol. The molecule has 16 nitrogen and oxygen atoms in total. The van der Waals surface area contributed by atoms with Crippen LogP contribution in [0.5, 0.6) is 0 Å². The zero-order chi connectivity index (χ0) is 55.3. The third-order valence-electron chi connectivity index (χ3n) is 12.5. The van der Waals surface area contributed by atoms with Gasteiger partial charge in [-0.05, 0) is 160 Å². The number of rotatable bonds is 21.